The Bertz CT molecular complexity index is 1230. The molecule has 0 rings (SSSR count). The van der Waals surface area contributed by atoms with Crippen LogP contribution in [0.15, 0.2) is 97.2 Å². The van der Waals surface area contributed by atoms with Gasteiger partial charge in [-0.05, 0) is 57.8 Å². The first-order valence-electron chi connectivity index (χ1n) is 20.3. The maximum absolute atomic E-state index is 12.5. The number of allylic oxidation sites excluding steroid dienone is 16. The molecule has 0 saturated carbocycles. The number of phosphoric acid groups is 1. The molecule has 0 aliphatic rings. The first kappa shape index (κ1) is 51.9. The molecule has 10 nitrogen and oxygen atoms in total. The van der Waals surface area contributed by atoms with Crippen molar-refractivity contribution in [2.75, 3.05) is 26.4 Å². The molecule has 0 aromatic rings. The Morgan fingerprint density at radius 3 is 1.67 bits per heavy atom. The zero-order chi connectivity index (χ0) is 40.5. The predicted octanol–water partition coefficient (Wildman–Crippen LogP) is 10.4. The number of phosphoric ester groups is 1. The Hall–Kier alpha value is -3.11. The quantitative estimate of drug-likeness (QED) is 0.0184. The molecule has 11 heteroatoms. The fraction of sp³-hybridized carbons (Fsp3) is 0.591. The number of unbranched alkanes of at least 4 members (excludes halogenated alkanes) is 10. The summed E-state index contributed by atoms with van der Waals surface area (Å²) in [4.78, 5) is 34.9. The number of rotatable bonds is 36. The highest BCUT2D eigenvalue weighted by Crippen LogP contribution is 2.43. The van der Waals surface area contributed by atoms with Crippen molar-refractivity contribution in [1.82, 2.24) is 0 Å². The largest absolute Gasteiger partial charge is 0.472 e. The standard InChI is InChI=1S/C44H71O10P/c1-3-5-7-9-11-13-15-17-18-19-20-21-22-24-25-27-29-31-33-35-43(47)51-39-42(40-53-55(49,50)52-38-41(46)37-45)54-44(48)36-34-32-30-28-26-23-16-14-12-10-8-6-4-2/h5-8,10-14,16-18,23,26,28,30,41-42,45-46H,3-4,9,15,19-22,24-25,27,29,31-40H2,1-2H3,(H,49,50)/b7-5+,8-6+,12-10+,13-11+,16-14+,18-17+,26-23+,30-28+/t41-,42?/m1/s1. The molecule has 0 spiro atoms. The van der Waals surface area contributed by atoms with E-state index in [1.54, 1.807) is 0 Å². The van der Waals surface area contributed by atoms with E-state index in [2.05, 4.69) is 60.9 Å². The van der Waals surface area contributed by atoms with E-state index >= 15 is 0 Å². The molecule has 0 bridgehead atoms. The number of carbonyl (C=O) groups is 2. The molecule has 2 unspecified atom stereocenters. The SMILES string of the molecule is CC/C=C/C=C/C=C/C=C/C=C/CCCC(=O)OC(COC(=O)CCCCCCCCCCC/C=C/C/C=C/C/C=C/CC)COP(=O)(O)OC[C@H](O)CO. The van der Waals surface area contributed by atoms with Gasteiger partial charge in [0.1, 0.15) is 12.7 Å². The van der Waals surface area contributed by atoms with Crippen LogP contribution < -0.4 is 0 Å². The maximum Gasteiger partial charge on any atom is 0.472 e. The van der Waals surface area contributed by atoms with Crippen molar-refractivity contribution in [2.24, 2.45) is 0 Å². The van der Waals surface area contributed by atoms with Gasteiger partial charge >= 0.3 is 19.8 Å². The molecule has 0 fully saturated rings. The molecule has 55 heavy (non-hydrogen) atoms. The molecule has 0 radical (unpaired) electrons. The summed E-state index contributed by atoms with van der Waals surface area (Å²) >= 11 is 0. The highest BCUT2D eigenvalue weighted by molar-refractivity contribution is 7.47. The van der Waals surface area contributed by atoms with Crippen molar-refractivity contribution in [1.29, 1.82) is 0 Å². The van der Waals surface area contributed by atoms with Crippen LogP contribution in [0, 0.1) is 0 Å². The lowest BCUT2D eigenvalue weighted by molar-refractivity contribution is -0.161. The van der Waals surface area contributed by atoms with E-state index in [0.29, 0.717) is 19.3 Å². The highest BCUT2D eigenvalue weighted by atomic mass is 31.2. The van der Waals surface area contributed by atoms with E-state index in [4.69, 9.17) is 19.1 Å². The molecular weight excluding hydrogens is 719 g/mol. The van der Waals surface area contributed by atoms with E-state index in [1.807, 2.05) is 54.7 Å². The summed E-state index contributed by atoms with van der Waals surface area (Å²) in [5, 5.41) is 18.3. The summed E-state index contributed by atoms with van der Waals surface area (Å²) in [6.45, 7) is 2.00. The number of esters is 2. The van der Waals surface area contributed by atoms with Crippen LogP contribution in [0.25, 0.3) is 0 Å². The Morgan fingerprint density at radius 2 is 1.05 bits per heavy atom. The van der Waals surface area contributed by atoms with Crippen LogP contribution in [0.1, 0.15) is 129 Å². The molecule has 3 N–H and O–H groups in total. The van der Waals surface area contributed by atoms with E-state index < -0.39 is 51.8 Å². The van der Waals surface area contributed by atoms with Crippen molar-refractivity contribution in [3.8, 4) is 0 Å². The molecule has 0 heterocycles. The smallest absolute Gasteiger partial charge is 0.462 e. The van der Waals surface area contributed by atoms with Crippen molar-refractivity contribution in [3.63, 3.8) is 0 Å². The van der Waals surface area contributed by atoms with Crippen LogP contribution in [0.5, 0.6) is 0 Å². The van der Waals surface area contributed by atoms with Gasteiger partial charge in [-0.25, -0.2) is 4.57 Å². The van der Waals surface area contributed by atoms with Gasteiger partial charge in [0.05, 0.1) is 19.8 Å². The minimum absolute atomic E-state index is 0.0810. The highest BCUT2D eigenvalue weighted by Gasteiger charge is 2.27. The number of ether oxygens (including phenoxy) is 2. The fourth-order valence-corrected chi connectivity index (χ4v) is 5.59. The van der Waals surface area contributed by atoms with Crippen LogP contribution in [0.4, 0.5) is 0 Å². The van der Waals surface area contributed by atoms with Crippen LogP contribution >= 0.6 is 7.82 Å². The zero-order valence-electron chi connectivity index (χ0n) is 33.6. The van der Waals surface area contributed by atoms with Crippen LogP contribution in [0.3, 0.4) is 0 Å². The average Bonchev–Trinajstić information content (AvgIpc) is 3.17. The summed E-state index contributed by atoms with van der Waals surface area (Å²) in [6, 6.07) is 0. The second kappa shape index (κ2) is 39.1. The van der Waals surface area contributed by atoms with E-state index in [-0.39, 0.29) is 19.4 Å². The van der Waals surface area contributed by atoms with E-state index in [9.17, 15) is 24.2 Å². The maximum atomic E-state index is 12.5. The topological polar surface area (TPSA) is 149 Å². The Labute approximate surface area is 332 Å². The first-order valence-corrected chi connectivity index (χ1v) is 21.8. The lowest BCUT2D eigenvalue weighted by Gasteiger charge is -2.20. The van der Waals surface area contributed by atoms with Crippen molar-refractivity contribution in [2.45, 2.75) is 142 Å². The summed E-state index contributed by atoms with van der Waals surface area (Å²) in [5.41, 5.74) is 0. The summed E-state index contributed by atoms with van der Waals surface area (Å²) in [6.07, 6.45) is 46.8. The summed E-state index contributed by atoms with van der Waals surface area (Å²) in [5.74, 6) is -1.03. The third kappa shape index (κ3) is 38.9. The second-order valence-electron chi connectivity index (χ2n) is 13.0. The average molecular weight is 791 g/mol. The molecule has 312 valence electrons. The second-order valence-corrected chi connectivity index (χ2v) is 14.5. The van der Waals surface area contributed by atoms with Crippen LogP contribution in [-0.2, 0) is 32.7 Å². The fourth-order valence-electron chi connectivity index (χ4n) is 4.80. The minimum atomic E-state index is -4.64. The normalized spacial score (nSPS) is 14.9. The zero-order valence-corrected chi connectivity index (χ0v) is 34.5. The van der Waals surface area contributed by atoms with E-state index in [1.165, 1.54) is 32.1 Å². The van der Waals surface area contributed by atoms with Crippen molar-refractivity contribution < 1.29 is 47.8 Å². The molecule has 0 amide bonds. The van der Waals surface area contributed by atoms with Crippen LogP contribution in [0.2, 0.25) is 0 Å². The lowest BCUT2D eigenvalue weighted by atomic mass is 10.1. The van der Waals surface area contributed by atoms with Gasteiger partial charge < -0.3 is 24.6 Å². The Balaban J connectivity index is 4.41. The number of carbonyl (C=O) groups excluding carboxylic acids is 2. The number of hydrogen-bond acceptors (Lipinski definition) is 9. The third-order valence-corrected chi connectivity index (χ3v) is 8.81. The number of aliphatic hydroxyl groups excluding tert-OH is 2. The van der Waals surface area contributed by atoms with Gasteiger partial charge in [-0.3, -0.25) is 18.6 Å². The van der Waals surface area contributed by atoms with Gasteiger partial charge in [0.2, 0.25) is 0 Å². The van der Waals surface area contributed by atoms with Gasteiger partial charge in [-0.15, -0.1) is 0 Å². The van der Waals surface area contributed by atoms with E-state index in [0.717, 1.165) is 51.4 Å². The van der Waals surface area contributed by atoms with Gasteiger partial charge in [0, 0.05) is 12.8 Å². The first-order chi connectivity index (χ1) is 26.7. The van der Waals surface area contributed by atoms with Crippen molar-refractivity contribution >= 4 is 19.8 Å². The molecule has 0 saturated heterocycles. The molecule has 0 aliphatic heterocycles. The molecular formula is C44H71O10P. The molecule has 3 atom stereocenters. The van der Waals surface area contributed by atoms with Gasteiger partial charge in [0.25, 0.3) is 0 Å². The Kier molecular flexibility index (Phi) is 36.9. The van der Waals surface area contributed by atoms with Crippen LogP contribution in [-0.4, -0.2) is 65.7 Å². The monoisotopic (exact) mass is 790 g/mol. The minimum Gasteiger partial charge on any atom is -0.462 e. The Morgan fingerprint density at radius 1 is 0.564 bits per heavy atom. The molecule has 0 aromatic heterocycles. The molecule has 0 aromatic carbocycles. The number of aliphatic hydroxyl groups is 2. The third-order valence-electron chi connectivity index (χ3n) is 7.86. The summed E-state index contributed by atoms with van der Waals surface area (Å²) < 4.78 is 32.5. The molecule has 0 aliphatic carbocycles. The predicted molar refractivity (Wildman–Crippen MR) is 223 cm³/mol. The van der Waals surface area contributed by atoms with Gasteiger partial charge in [-0.1, -0.05) is 156 Å². The van der Waals surface area contributed by atoms with Gasteiger partial charge in [0.15, 0.2) is 6.10 Å². The lowest BCUT2D eigenvalue weighted by Crippen LogP contribution is -2.29. The summed E-state index contributed by atoms with van der Waals surface area (Å²) in [7, 11) is -4.64. The van der Waals surface area contributed by atoms with Gasteiger partial charge in [-0.2, -0.15) is 0 Å². The van der Waals surface area contributed by atoms with Crippen molar-refractivity contribution in [3.05, 3.63) is 97.2 Å². The number of hydrogen-bond donors (Lipinski definition) is 3.